The second-order valence-corrected chi connectivity index (χ2v) is 8.74. The molecule has 1 saturated heterocycles. The van der Waals surface area contributed by atoms with Crippen LogP contribution in [0.3, 0.4) is 0 Å². The Morgan fingerprint density at radius 3 is 2.26 bits per heavy atom. The molecule has 0 spiro atoms. The first-order valence-corrected chi connectivity index (χ1v) is 10.5. The molecule has 1 amide bonds. The summed E-state index contributed by atoms with van der Waals surface area (Å²) in [6.07, 6.45) is 3.16. The minimum atomic E-state index is -3.53. The lowest BCUT2D eigenvalue weighted by atomic mass is 10.2. The first-order chi connectivity index (χ1) is 12.9. The Labute approximate surface area is 164 Å². The average molecular weight is 405 g/mol. The maximum absolute atomic E-state index is 12.7. The van der Waals surface area contributed by atoms with Gasteiger partial charge in [-0.1, -0.05) is 47.5 Å². The zero-order chi connectivity index (χ0) is 19.4. The van der Waals surface area contributed by atoms with Gasteiger partial charge >= 0.3 is 0 Å². The molecule has 2 aromatic carbocycles. The highest BCUT2D eigenvalue weighted by Crippen LogP contribution is 2.19. The quantitative estimate of drug-likeness (QED) is 0.735. The molecule has 0 atom stereocenters. The maximum atomic E-state index is 12.7. The van der Waals surface area contributed by atoms with Crippen LogP contribution in [0.2, 0.25) is 5.02 Å². The first kappa shape index (κ1) is 19.6. The lowest BCUT2D eigenvalue weighted by molar-refractivity contribution is -0.127. The third kappa shape index (κ3) is 4.58. The number of hydrogen-bond donors (Lipinski definition) is 0. The van der Waals surface area contributed by atoms with Gasteiger partial charge in [0.25, 0.3) is 0 Å². The molecule has 1 heterocycles. The van der Waals surface area contributed by atoms with Gasteiger partial charge < -0.3 is 4.90 Å². The van der Waals surface area contributed by atoms with Crippen molar-refractivity contribution in [2.45, 2.75) is 11.8 Å². The molecule has 0 N–H and O–H groups in total. The topological polar surface area (TPSA) is 57.7 Å². The van der Waals surface area contributed by atoms with Crippen LogP contribution in [0, 0.1) is 6.92 Å². The summed E-state index contributed by atoms with van der Waals surface area (Å²) < 4.78 is 26.9. The molecule has 0 radical (unpaired) electrons. The number of piperazine rings is 1. The number of hydrogen-bond acceptors (Lipinski definition) is 3. The lowest BCUT2D eigenvalue weighted by Gasteiger charge is -2.33. The Morgan fingerprint density at radius 2 is 1.63 bits per heavy atom. The van der Waals surface area contributed by atoms with E-state index in [4.69, 9.17) is 11.6 Å². The molecule has 3 rings (SSSR count). The van der Waals surface area contributed by atoms with E-state index in [0.717, 1.165) is 11.1 Å². The molecule has 0 aromatic heterocycles. The molecule has 0 saturated carbocycles. The lowest BCUT2D eigenvalue weighted by Crippen LogP contribution is -2.50. The van der Waals surface area contributed by atoms with Crippen molar-refractivity contribution in [3.8, 4) is 0 Å². The smallest absolute Gasteiger partial charge is 0.246 e. The van der Waals surface area contributed by atoms with Crippen LogP contribution in [0.25, 0.3) is 6.08 Å². The van der Waals surface area contributed by atoms with Gasteiger partial charge in [-0.05, 0) is 36.8 Å². The molecule has 5 nitrogen and oxygen atoms in total. The maximum Gasteiger partial charge on any atom is 0.246 e. The molecule has 142 valence electrons. The molecular weight excluding hydrogens is 384 g/mol. The summed E-state index contributed by atoms with van der Waals surface area (Å²) in [6, 6.07) is 14.1. The van der Waals surface area contributed by atoms with E-state index in [1.54, 1.807) is 41.3 Å². The first-order valence-electron chi connectivity index (χ1n) is 8.66. The van der Waals surface area contributed by atoms with Crippen LogP contribution in [0.5, 0.6) is 0 Å². The molecular formula is C20H21ClN2O3S. The van der Waals surface area contributed by atoms with Gasteiger partial charge in [-0.25, -0.2) is 8.42 Å². The minimum Gasteiger partial charge on any atom is -0.337 e. The molecule has 1 fully saturated rings. The van der Waals surface area contributed by atoms with Crippen LogP contribution < -0.4 is 0 Å². The van der Waals surface area contributed by atoms with Gasteiger partial charge in [-0.3, -0.25) is 4.79 Å². The minimum absolute atomic E-state index is 0.151. The summed E-state index contributed by atoms with van der Waals surface area (Å²) in [7, 11) is -3.53. The standard InChI is InChI=1S/C20H21ClN2O3S/c1-16-6-9-18(10-7-16)27(25,26)23-14-12-22(13-15-23)20(24)11-8-17-4-2-3-5-19(17)21/h2-11H,12-15H2,1H3/b11-8+. The van der Waals surface area contributed by atoms with Gasteiger partial charge in [0.1, 0.15) is 0 Å². The van der Waals surface area contributed by atoms with Gasteiger partial charge in [0.15, 0.2) is 0 Å². The van der Waals surface area contributed by atoms with Crippen molar-refractivity contribution in [1.82, 2.24) is 9.21 Å². The monoisotopic (exact) mass is 404 g/mol. The number of benzene rings is 2. The normalized spacial score (nSPS) is 16.0. The van der Waals surface area contributed by atoms with Crippen LogP contribution in [0.15, 0.2) is 59.5 Å². The van der Waals surface area contributed by atoms with E-state index in [1.165, 1.54) is 10.4 Å². The van der Waals surface area contributed by atoms with Crippen molar-refractivity contribution in [1.29, 1.82) is 0 Å². The number of sulfonamides is 1. The van der Waals surface area contributed by atoms with E-state index >= 15 is 0 Å². The zero-order valence-electron chi connectivity index (χ0n) is 15.0. The van der Waals surface area contributed by atoms with Crippen LogP contribution in [0.1, 0.15) is 11.1 Å². The van der Waals surface area contributed by atoms with E-state index in [9.17, 15) is 13.2 Å². The van der Waals surface area contributed by atoms with Gasteiger partial charge in [0, 0.05) is 37.3 Å². The largest absolute Gasteiger partial charge is 0.337 e. The van der Waals surface area contributed by atoms with Crippen LogP contribution in [-0.2, 0) is 14.8 Å². The van der Waals surface area contributed by atoms with Crippen molar-refractivity contribution in [3.63, 3.8) is 0 Å². The van der Waals surface area contributed by atoms with Crippen LogP contribution in [0.4, 0.5) is 0 Å². The Balaban J connectivity index is 1.62. The highest BCUT2D eigenvalue weighted by molar-refractivity contribution is 7.89. The molecule has 2 aromatic rings. The highest BCUT2D eigenvalue weighted by atomic mass is 35.5. The molecule has 0 bridgehead atoms. The van der Waals surface area contributed by atoms with Crippen molar-refractivity contribution in [2.24, 2.45) is 0 Å². The van der Waals surface area contributed by atoms with E-state index in [0.29, 0.717) is 18.1 Å². The summed E-state index contributed by atoms with van der Waals surface area (Å²) in [6.45, 7) is 3.19. The van der Waals surface area contributed by atoms with Crippen molar-refractivity contribution in [2.75, 3.05) is 26.2 Å². The number of amides is 1. The fourth-order valence-corrected chi connectivity index (χ4v) is 4.51. The SMILES string of the molecule is Cc1ccc(S(=O)(=O)N2CCN(C(=O)/C=C/c3ccccc3Cl)CC2)cc1. The number of carbonyl (C=O) groups excluding carboxylic acids is 1. The Kier molecular flexibility index (Phi) is 5.99. The van der Waals surface area contributed by atoms with Gasteiger partial charge in [0.2, 0.25) is 15.9 Å². The Hall–Kier alpha value is -2.15. The van der Waals surface area contributed by atoms with Gasteiger partial charge in [-0.2, -0.15) is 4.31 Å². The second kappa shape index (κ2) is 8.25. The summed E-state index contributed by atoms with van der Waals surface area (Å²) in [5, 5.41) is 0.579. The molecule has 7 heteroatoms. The number of aryl methyl sites for hydroxylation is 1. The summed E-state index contributed by atoms with van der Waals surface area (Å²) in [4.78, 5) is 14.3. The van der Waals surface area contributed by atoms with Crippen molar-refractivity contribution < 1.29 is 13.2 Å². The molecule has 1 aliphatic rings. The predicted octanol–water partition coefficient (Wildman–Crippen LogP) is 3.19. The molecule has 27 heavy (non-hydrogen) atoms. The predicted molar refractivity (Wildman–Crippen MR) is 107 cm³/mol. The van der Waals surface area contributed by atoms with Crippen molar-refractivity contribution in [3.05, 3.63) is 70.8 Å². The molecule has 0 unspecified atom stereocenters. The van der Waals surface area contributed by atoms with E-state index in [2.05, 4.69) is 0 Å². The fourth-order valence-electron chi connectivity index (χ4n) is 2.88. The summed E-state index contributed by atoms with van der Waals surface area (Å²) in [5.74, 6) is -0.151. The fraction of sp³-hybridized carbons (Fsp3) is 0.250. The second-order valence-electron chi connectivity index (χ2n) is 6.40. The molecule has 0 aliphatic carbocycles. The highest BCUT2D eigenvalue weighted by Gasteiger charge is 2.29. The van der Waals surface area contributed by atoms with Gasteiger partial charge in [0.05, 0.1) is 4.90 Å². The third-order valence-corrected chi connectivity index (χ3v) is 6.78. The number of carbonyl (C=O) groups is 1. The molecule has 1 aliphatic heterocycles. The zero-order valence-corrected chi connectivity index (χ0v) is 16.6. The Morgan fingerprint density at radius 1 is 1.00 bits per heavy atom. The summed E-state index contributed by atoms with van der Waals surface area (Å²) in [5.41, 5.74) is 1.78. The number of nitrogens with zero attached hydrogens (tertiary/aromatic N) is 2. The Bertz CT molecular complexity index is 947. The number of rotatable bonds is 4. The van der Waals surface area contributed by atoms with E-state index < -0.39 is 10.0 Å². The van der Waals surface area contributed by atoms with E-state index in [-0.39, 0.29) is 23.9 Å². The number of halogens is 1. The van der Waals surface area contributed by atoms with Gasteiger partial charge in [-0.15, -0.1) is 0 Å². The summed E-state index contributed by atoms with van der Waals surface area (Å²) >= 11 is 6.08. The average Bonchev–Trinajstić information content (AvgIpc) is 2.67. The van der Waals surface area contributed by atoms with Crippen molar-refractivity contribution >= 4 is 33.6 Å². The third-order valence-electron chi connectivity index (χ3n) is 4.52. The van der Waals surface area contributed by atoms with Crippen LogP contribution >= 0.6 is 11.6 Å². The van der Waals surface area contributed by atoms with Crippen LogP contribution in [-0.4, -0.2) is 49.7 Å². The van der Waals surface area contributed by atoms with E-state index in [1.807, 2.05) is 25.1 Å².